The smallest absolute Gasteiger partial charge is 0.259 e. The predicted octanol–water partition coefficient (Wildman–Crippen LogP) is 6.13. The number of amides is 1. The number of carbonyl (C=O) groups is 1. The van der Waals surface area contributed by atoms with Crippen molar-refractivity contribution in [2.75, 3.05) is 36.4 Å². The highest BCUT2D eigenvalue weighted by atomic mass is 35.5. The van der Waals surface area contributed by atoms with E-state index in [1.807, 2.05) is 67.6 Å². The van der Waals surface area contributed by atoms with Crippen LogP contribution in [0.5, 0.6) is 0 Å². The van der Waals surface area contributed by atoms with E-state index in [1.54, 1.807) is 6.20 Å². The zero-order valence-corrected chi connectivity index (χ0v) is 21.7. The van der Waals surface area contributed by atoms with Crippen LogP contribution in [0.3, 0.4) is 0 Å². The molecule has 0 unspecified atom stereocenters. The number of rotatable bonds is 6. The van der Waals surface area contributed by atoms with Crippen molar-refractivity contribution in [1.82, 2.24) is 14.9 Å². The summed E-state index contributed by atoms with van der Waals surface area (Å²) in [5, 5.41) is 4.30. The number of aryl methyl sites for hydroxylation is 1. The van der Waals surface area contributed by atoms with E-state index in [0.717, 1.165) is 66.1 Å². The summed E-state index contributed by atoms with van der Waals surface area (Å²) in [6.45, 7) is 6.71. The Morgan fingerprint density at radius 2 is 1.89 bits per heavy atom. The molecular formula is C28H28ClN5OS. The Labute approximate surface area is 220 Å². The number of carbonyl (C=O) groups excluding carboxylic acids is 1. The summed E-state index contributed by atoms with van der Waals surface area (Å²) in [6.07, 6.45) is 2.70. The predicted molar refractivity (Wildman–Crippen MR) is 148 cm³/mol. The number of hydrogen-bond acceptors (Lipinski definition) is 6. The van der Waals surface area contributed by atoms with Crippen LogP contribution in [0.25, 0.3) is 11.3 Å². The van der Waals surface area contributed by atoms with Crippen molar-refractivity contribution in [3.63, 3.8) is 0 Å². The topological polar surface area (TPSA) is 61.4 Å². The summed E-state index contributed by atoms with van der Waals surface area (Å²) in [7, 11) is 0. The third-order valence-electron chi connectivity index (χ3n) is 6.28. The lowest BCUT2D eigenvalue weighted by atomic mass is 10.1. The normalized spacial score (nSPS) is 14.4. The minimum absolute atomic E-state index is 0.203. The highest BCUT2D eigenvalue weighted by Gasteiger charge is 2.18. The zero-order valence-electron chi connectivity index (χ0n) is 20.2. The fourth-order valence-corrected chi connectivity index (χ4v) is 5.49. The summed E-state index contributed by atoms with van der Waals surface area (Å²) in [5.41, 5.74) is 3.69. The van der Waals surface area contributed by atoms with E-state index >= 15 is 0 Å². The minimum Gasteiger partial charge on any atom is -0.355 e. The van der Waals surface area contributed by atoms with E-state index in [2.05, 4.69) is 31.2 Å². The number of pyridine rings is 1. The van der Waals surface area contributed by atoms with Gasteiger partial charge >= 0.3 is 0 Å². The first kappa shape index (κ1) is 24.4. The third kappa shape index (κ3) is 5.93. The number of aromatic nitrogens is 2. The number of hydrogen-bond donors (Lipinski definition) is 1. The molecule has 4 aromatic rings. The van der Waals surface area contributed by atoms with Crippen LogP contribution in [0, 0.1) is 6.92 Å². The number of benzene rings is 2. The second-order valence-corrected chi connectivity index (χ2v) is 10.5. The Balaban J connectivity index is 1.19. The maximum atomic E-state index is 12.8. The first-order valence-electron chi connectivity index (χ1n) is 12.1. The van der Waals surface area contributed by atoms with Crippen molar-refractivity contribution in [3.05, 3.63) is 94.0 Å². The van der Waals surface area contributed by atoms with Gasteiger partial charge in [-0.1, -0.05) is 54.1 Å². The SMILES string of the molecule is Cc1sc(NC(=O)c2ccc(N3CCCN(Cc4cccc(Cl)c4)CC3)nc2)nc1-c1ccccc1. The van der Waals surface area contributed by atoms with Gasteiger partial charge in [-0.25, -0.2) is 9.97 Å². The van der Waals surface area contributed by atoms with Crippen molar-refractivity contribution in [2.45, 2.75) is 19.9 Å². The van der Waals surface area contributed by atoms with E-state index in [9.17, 15) is 4.79 Å². The largest absolute Gasteiger partial charge is 0.355 e. The van der Waals surface area contributed by atoms with Crippen LogP contribution in [-0.4, -0.2) is 47.0 Å². The summed E-state index contributed by atoms with van der Waals surface area (Å²) < 4.78 is 0. The molecule has 1 aliphatic rings. The first-order chi connectivity index (χ1) is 17.5. The van der Waals surface area contributed by atoms with Gasteiger partial charge in [0, 0.05) is 54.4 Å². The van der Waals surface area contributed by atoms with Gasteiger partial charge in [-0.15, -0.1) is 11.3 Å². The molecule has 36 heavy (non-hydrogen) atoms. The Bertz CT molecular complexity index is 1330. The number of halogens is 1. The van der Waals surface area contributed by atoms with E-state index in [0.29, 0.717) is 10.7 Å². The number of thiazole rings is 1. The minimum atomic E-state index is -0.203. The molecule has 8 heteroatoms. The highest BCUT2D eigenvalue weighted by molar-refractivity contribution is 7.16. The van der Waals surface area contributed by atoms with Gasteiger partial charge in [0.25, 0.3) is 5.91 Å². The molecule has 6 nitrogen and oxygen atoms in total. The van der Waals surface area contributed by atoms with Crippen LogP contribution in [-0.2, 0) is 6.54 Å². The van der Waals surface area contributed by atoms with Gasteiger partial charge in [-0.05, 0) is 43.2 Å². The van der Waals surface area contributed by atoms with Crippen molar-refractivity contribution in [3.8, 4) is 11.3 Å². The van der Waals surface area contributed by atoms with Gasteiger partial charge in [0.2, 0.25) is 0 Å². The molecule has 1 amide bonds. The third-order valence-corrected chi connectivity index (χ3v) is 7.40. The second-order valence-electron chi connectivity index (χ2n) is 8.90. The maximum Gasteiger partial charge on any atom is 0.259 e. The average molecular weight is 518 g/mol. The fraction of sp³-hybridized carbons (Fsp3) is 0.250. The first-order valence-corrected chi connectivity index (χ1v) is 13.3. The molecule has 0 radical (unpaired) electrons. The van der Waals surface area contributed by atoms with E-state index in [-0.39, 0.29) is 5.91 Å². The molecule has 3 heterocycles. The molecule has 1 saturated heterocycles. The Hall–Kier alpha value is -3.26. The molecule has 0 spiro atoms. The maximum absolute atomic E-state index is 12.8. The van der Waals surface area contributed by atoms with Crippen LogP contribution in [0.2, 0.25) is 5.02 Å². The molecule has 1 N–H and O–H groups in total. The van der Waals surface area contributed by atoms with Crippen molar-refractivity contribution >= 4 is 39.8 Å². The highest BCUT2D eigenvalue weighted by Crippen LogP contribution is 2.30. The van der Waals surface area contributed by atoms with E-state index in [1.165, 1.54) is 16.9 Å². The van der Waals surface area contributed by atoms with Gasteiger partial charge < -0.3 is 4.90 Å². The molecule has 2 aromatic carbocycles. The molecule has 5 rings (SSSR count). The summed E-state index contributed by atoms with van der Waals surface area (Å²) in [5.74, 6) is 0.693. The van der Waals surface area contributed by atoms with Gasteiger partial charge in [0.1, 0.15) is 5.82 Å². The Kier molecular flexibility index (Phi) is 7.60. The summed E-state index contributed by atoms with van der Waals surface area (Å²) in [4.78, 5) is 27.9. The van der Waals surface area contributed by atoms with E-state index in [4.69, 9.17) is 11.6 Å². The van der Waals surface area contributed by atoms with Crippen LogP contribution in [0.15, 0.2) is 72.9 Å². The molecular weight excluding hydrogens is 490 g/mol. The quantitative estimate of drug-likeness (QED) is 0.333. The standard InChI is InChI=1S/C28H28ClN5OS/c1-20-26(22-8-3-2-4-9-22)31-28(36-20)32-27(35)23-11-12-25(30-18-23)34-14-6-13-33(15-16-34)19-21-7-5-10-24(29)17-21/h2-5,7-12,17-18H,6,13-16,19H2,1H3,(H,31,32,35). The number of nitrogens with zero attached hydrogens (tertiary/aromatic N) is 4. The van der Waals surface area contributed by atoms with Crippen LogP contribution in [0.4, 0.5) is 10.9 Å². The summed E-state index contributed by atoms with van der Waals surface area (Å²) in [6, 6.07) is 21.8. The van der Waals surface area contributed by atoms with Gasteiger partial charge in [-0.3, -0.25) is 15.0 Å². The fourth-order valence-electron chi connectivity index (χ4n) is 4.44. The van der Waals surface area contributed by atoms with Crippen molar-refractivity contribution < 1.29 is 4.79 Å². The molecule has 1 fully saturated rings. The van der Waals surface area contributed by atoms with Crippen molar-refractivity contribution in [1.29, 1.82) is 0 Å². The lowest BCUT2D eigenvalue weighted by Gasteiger charge is -2.23. The Morgan fingerprint density at radius 3 is 2.67 bits per heavy atom. The monoisotopic (exact) mass is 517 g/mol. The molecule has 0 bridgehead atoms. The van der Waals surface area contributed by atoms with Crippen LogP contribution < -0.4 is 10.2 Å². The van der Waals surface area contributed by atoms with E-state index < -0.39 is 0 Å². The molecule has 0 saturated carbocycles. The molecule has 184 valence electrons. The van der Waals surface area contributed by atoms with Gasteiger partial charge in [0.15, 0.2) is 5.13 Å². The average Bonchev–Trinajstić information content (AvgIpc) is 3.10. The van der Waals surface area contributed by atoms with Gasteiger partial charge in [0.05, 0.1) is 11.3 Å². The number of nitrogens with one attached hydrogen (secondary N) is 1. The zero-order chi connectivity index (χ0) is 24.9. The second kappa shape index (κ2) is 11.2. The number of anilines is 2. The molecule has 0 atom stereocenters. The lowest BCUT2D eigenvalue weighted by molar-refractivity contribution is 0.102. The van der Waals surface area contributed by atoms with Gasteiger partial charge in [-0.2, -0.15) is 0 Å². The van der Waals surface area contributed by atoms with Crippen LogP contribution >= 0.6 is 22.9 Å². The van der Waals surface area contributed by atoms with Crippen LogP contribution in [0.1, 0.15) is 27.2 Å². The summed E-state index contributed by atoms with van der Waals surface area (Å²) >= 11 is 7.62. The molecule has 2 aromatic heterocycles. The lowest BCUT2D eigenvalue weighted by Crippen LogP contribution is -2.31. The van der Waals surface area contributed by atoms with Crippen molar-refractivity contribution in [2.24, 2.45) is 0 Å². The Morgan fingerprint density at radius 1 is 1.03 bits per heavy atom. The molecule has 0 aliphatic carbocycles. The molecule has 1 aliphatic heterocycles.